The molecule has 0 aliphatic carbocycles. The maximum Gasteiger partial charge on any atom is 0.451 e. The fraction of sp³-hybridized carbons (Fsp3) is 0.273. The molecule has 0 bridgehead atoms. The van der Waals surface area contributed by atoms with Gasteiger partial charge < -0.3 is 10.2 Å². The van der Waals surface area contributed by atoms with E-state index < -0.39 is 21.8 Å². The van der Waals surface area contributed by atoms with Crippen LogP contribution in [0.2, 0.25) is 5.02 Å². The van der Waals surface area contributed by atoms with Crippen LogP contribution >= 0.6 is 11.6 Å². The standard InChI is InChI=1S/C22H20ClF3N4O2S/c1-33(31,32)17-8-4-15(5-9-17)19-18(14-2-6-16(23)7-3-14)20(30-12-10-27-11-13-30)29-21(28-19)22(24,25)26/h2-9,27H,10-13H2,1H3. The van der Waals surface area contributed by atoms with Gasteiger partial charge in [-0.15, -0.1) is 0 Å². The molecule has 1 N–H and O–H groups in total. The van der Waals surface area contributed by atoms with Gasteiger partial charge in [-0.1, -0.05) is 35.9 Å². The molecule has 1 aromatic heterocycles. The van der Waals surface area contributed by atoms with Gasteiger partial charge in [0.05, 0.1) is 16.2 Å². The maximum atomic E-state index is 13.8. The van der Waals surface area contributed by atoms with Crippen LogP contribution < -0.4 is 10.2 Å². The van der Waals surface area contributed by atoms with E-state index in [1.807, 2.05) is 0 Å². The Bertz CT molecular complexity index is 1260. The van der Waals surface area contributed by atoms with Gasteiger partial charge in [0.25, 0.3) is 0 Å². The van der Waals surface area contributed by atoms with Crippen LogP contribution in [0, 0.1) is 0 Å². The Morgan fingerprint density at radius 3 is 2.06 bits per heavy atom. The number of benzene rings is 2. The molecule has 1 fully saturated rings. The number of nitrogens with zero attached hydrogens (tertiary/aromatic N) is 3. The number of aromatic nitrogens is 2. The van der Waals surface area contributed by atoms with Crippen molar-refractivity contribution in [1.82, 2.24) is 15.3 Å². The molecule has 0 amide bonds. The van der Waals surface area contributed by atoms with Crippen LogP contribution in [0.25, 0.3) is 22.4 Å². The first-order valence-corrected chi connectivity index (χ1v) is 12.3. The van der Waals surface area contributed by atoms with Crippen LogP contribution in [0.3, 0.4) is 0 Å². The molecule has 6 nitrogen and oxygen atoms in total. The lowest BCUT2D eigenvalue weighted by Crippen LogP contribution is -2.44. The number of piperazine rings is 1. The first kappa shape index (κ1) is 23.5. The average molecular weight is 497 g/mol. The second-order valence-electron chi connectivity index (χ2n) is 7.63. The van der Waals surface area contributed by atoms with Gasteiger partial charge in [-0.05, 0) is 29.8 Å². The van der Waals surface area contributed by atoms with Crippen LogP contribution in [0.4, 0.5) is 19.0 Å². The molecular weight excluding hydrogens is 477 g/mol. The molecule has 1 aliphatic heterocycles. The zero-order chi connectivity index (χ0) is 23.8. The largest absolute Gasteiger partial charge is 0.451 e. The van der Waals surface area contributed by atoms with Gasteiger partial charge in [-0.2, -0.15) is 13.2 Å². The quantitative estimate of drug-likeness (QED) is 0.580. The number of sulfone groups is 1. The minimum Gasteiger partial charge on any atom is -0.353 e. The second kappa shape index (κ2) is 8.92. The van der Waals surface area contributed by atoms with Crippen LogP contribution in [-0.4, -0.2) is 50.8 Å². The normalized spacial score (nSPS) is 15.0. The van der Waals surface area contributed by atoms with Crippen molar-refractivity contribution in [3.05, 3.63) is 59.4 Å². The first-order chi connectivity index (χ1) is 15.5. The summed E-state index contributed by atoms with van der Waals surface area (Å²) in [7, 11) is -3.47. The fourth-order valence-electron chi connectivity index (χ4n) is 3.63. The predicted molar refractivity (Wildman–Crippen MR) is 121 cm³/mol. The molecule has 2 heterocycles. The van der Waals surface area contributed by atoms with Gasteiger partial charge in [0, 0.05) is 43.0 Å². The molecular formula is C22H20ClF3N4O2S. The zero-order valence-electron chi connectivity index (χ0n) is 17.5. The van der Waals surface area contributed by atoms with Gasteiger partial charge >= 0.3 is 6.18 Å². The Morgan fingerprint density at radius 2 is 1.52 bits per heavy atom. The molecule has 0 unspecified atom stereocenters. The second-order valence-corrected chi connectivity index (χ2v) is 10.1. The Labute approximate surface area is 194 Å². The average Bonchev–Trinajstić information content (AvgIpc) is 2.78. The molecule has 174 valence electrons. The summed E-state index contributed by atoms with van der Waals surface area (Å²) in [5.74, 6) is -1.08. The summed E-state index contributed by atoms with van der Waals surface area (Å²) in [6.45, 7) is 2.15. The van der Waals surface area contributed by atoms with Gasteiger partial charge in [-0.3, -0.25) is 0 Å². The molecule has 0 radical (unpaired) electrons. The lowest BCUT2D eigenvalue weighted by atomic mass is 9.98. The van der Waals surface area contributed by atoms with Crippen molar-refractivity contribution in [3.8, 4) is 22.4 Å². The SMILES string of the molecule is CS(=O)(=O)c1ccc(-c2nc(C(F)(F)F)nc(N3CCNCC3)c2-c2ccc(Cl)cc2)cc1. The number of nitrogens with one attached hydrogen (secondary N) is 1. The van der Waals surface area contributed by atoms with E-state index in [1.54, 1.807) is 29.2 Å². The third-order valence-electron chi connectivity index (χ3n) is 5.25. The third kappa shape index (κ3) is 5.13. The lowest BCUT2D eigenvalue weighted by molar-refractivity contribution is -0.144. The summed E-state index contributed by atoms with van der Waals surface area (Å²) in [4.78, 5) is 9.70. The topological polar surface area (TPSA) is 75.2 Å². The summed E-state index contributed by atoms with van der Waals surface area (Å²) in [6.07, 6.45) is -3.70. The van der Waals surface area contributed by atoms with Crippen molar-refractivity contribution in [1.29, 1.82) is 0 Å². The van der Waals surface area contributed by atoms with Crippen molar-refractivity contribution in [3.63, 3.8) is 0 Å². The summed E-state index contributed by atoms with van der Waals surface area (Å²) in [6, 6.07) is 12.3. The number of anilines is 1. The molecule has 0 spiro atoms. The van der Waals surface area contributed by atoms with Gasteiger partial charge in [0.2, 0.25) is 5.82 Å². The highest BCUT2D eigenvalue weighted by molar-refractivity contribution is 7.90. The predicted octanol–water partition coefficient (Wildman–Crippen LogP) is 4.30. The highest BCUT2D eigenvalue weighted by Gasteiger charge is 2.37. The summed E-state index contributed by atoms with van der Waals surface area (Å²) >= 11 is 6.03. The van der Waals surface area contributed by atoms with Gasteiger partial charge in [-0.25, -0.2) is 18.4 Å². The molecule has 2 aromatic carbocycles. The summed E-state index contributed by atoms with van der Waals surface area (Å²) in [5.41, 5.74) is 1.43. The van der Waals surface area contributed by atoms with Crippen molar-refractivity contribution in [2.45, 2.75) is 11.1 Å². The Kier molecular flexibility index (Phi) is 6.35. The van der Waals surface area contributed by atoms with E-state index in [4.69, 9.17) is 11.6 Å². The minimum absolute atomic E-state index is 0.0618. The third-order valence-corrected chi connectivity index (χ3v) is 6.63. The van der Waals surface area contributed by atoms with Crippen LogP contribution in [0.5, 0.6) is 0 Å². The van der Waals surface area contributed by atoms with Crippen LogP contribution in [-0.2, 0) is 16.0 Å². The summed E-state index contributed by atoms with van der Waals surface area (Å²) < 4.78 is 65.1. The van der Waals surface area contributed by atoms with E-state index in [9.17, 15) is 21.6 Å². The summed E-state index contributed by atoms with van der Waals surface area (Å²) in [5, 5.41) is 3.66. The number of rotatable bonds is 4. The van der Waals surface area contributed by atoms with Crippen LogP contribution in [0.15, 0.2) is 53.4 Å². The van der Waals surface area contributed by atoms with E-state index in [2.05, 4.69) is 15.3 Å². The minimum atomic E-state index is -4.76. The highest BCUT2D eigenvalue weighted by atomic mass is 35.5. The van der Waals surface area contributed by atoms with Crippen molar-refractivity contribution in [2.24, 2.45) is 0 Å². The molecule has 33 heavy (non-hydrogen) atoms. The molecule has 0 saturated carbocycles. The van der Waals surface area contributed by atoms with Crippen LogP contribution in [0.1, 0.15) is 5.82 Å². The number of halogens is 4. The molecule has 1 aliphatic rings. The monoisotopic (exact) mass is 496 g/mol. The molecule has 0 atom stereocenters. The number of alkyl halides is 3. The smallest absolute Gasteiger partial charge is 0.353 e. The Balaban J connectivity index is 2.00. The van der Waals surface area contributed by atoms with E-state index >= 15 is 0 Å². The van der Waals surface area contributed by atoms with Gasteiger partial charge in [0.1, 0.15) is 5.82 Å². The molecule has 3 aromatic rings. The van der Waals surface area contributed by atoms with E-state index in [0.717, 1.165) is 6.26 Å². The van der Waals surface area contributed by atoms with Crippen molar-refractivity contribution >= 4 is 27.3 Å². The molecule has 1 saturated heterocycles. The maximum absolute atomic E-state index is 13.8. The van der Waals surface area contributed by atoms with E-state index in [1.165, 1.54) is 24.3 Å². The van der Waals surface area contributed by atoms with E-state index in [0.29, 0.717) is 47.9 Å². The molecule has 4 rings (SSSR count). The lowest BCUT2D eigenvalue weighted by Gasteiger charge is -2.31. The van der Waals surface area contributed by atoms with E-state index in [-0.39, 0.29) is 16.4 Å². The Morgan fingerprint density at radius 1 is 0.939 bits per heavy atom. The van der Waals surface area contributed by atoms with Gasteiger partial charge in [0.15, 0.2) is 9.84 Å². The number of hydrogen-bond acceptors (Lipinski definition) is 6. The first-order valence-electron chi connectivity index (χ1n) is 10.1. The number of hydrogen-bond donors (Lipinski definition) is 1. The Hall–Kier alpha value is -2.69. The fourth-order valence-corrected chi connectivity index (χ4v) is 4.39. The van der Waals surface area contributed by atoms with Crippen molar-refractivity contribution in [2.75, 3.05) is 37.3 Å². The molecule has 11 heteroatoms. The zero-order valence-corrected chi connectivity index (χ0v) is 19.1. The van der Waals surface area contributed by atoms with Crippen molar-refractivity contribution < 1.29 is 21.6 Å². The highest BCUT2D eigenvalue weighted by Crippen LogP contribution is 2.41.